The van der Waals surface area contributed by atoms with Crippen LogP contribution >= 0.6 is 11.6 Å². The van der Waals surface area contributed by atoms with E-state index < -0.39 is 0 Å². The molecule has 2 heteroatoms. The first-order valence-corrected chi connectivity index (χ1v) is 4.15. The topological polar surface area (TPSA) is 20.2 Å². The van der Waals surface area contributed by atoms with Gasteiger partial charge in [-0.1, -0.05) is 29.8 Å². The molecule has 0 unspecified atom stereocenters. The molecular weight excluding hydrogens is 172 g/mol. The van der Waals surface area contributed by atoms with Crippen molar-refractivity contribution in [3.63, 3.8) is 0 Å². The SMILES string of the molecule is CC(=CCO)c1ccc(Cl)cc1. The monoisotopic (exact) mass is 182 g/mol. The molecule has 1 nitrogen and oxygen atoms in total. The van der Waals surface area contributed by atoms with Crippen LogP contribution in [0.1, 0.15) is 12.5 Å². The van der Waals surface area contributed by atoms with Gasteiger partial charge in [-0.15, -0.1) is 0 Å². The number of benzene rings is 1. The van der Waals surface area contributed by atoms with E-state index in [-0.39, 0.29) is 6.61 Å². The highest BCUT2D eigenvalue weighted by Gasteiger charge is 1.93. The molecule has 0 aromatic heterocycles. The van der Waals surface area contributed by atoms with Crippen LogP contribution in [0.4, 0.5) is 0 Å². The van der Waals surface area contributed by atoms with Crippen LogP contribution in [-0.2, 0) is 0 Å². The van der Waals surface area contributed by atoms with Gasteiger partial charge in [0.25, 0.3) is 0 Å². The standard InChI is InChI=1S/C10H11ClO/c1-8(6-7-12)9-2-4-10(11)5-3-9/h2-6,12H,7H2,1H3. The van der Waals surface area contributed by atoms with Crippen LogP contribution in [0.25, 0.3) is 5.57 Å². The third-order valence-corrected chi connectivity index (χ3v) is 1.95. The van der Waals surface area contributed by atoms with Gasteiger partial charge in [-0.05, 0) is 30.2 Å². The van der Waals surface area contributed by atoms with Crippen LogP contribution < -0.4 is 0 Å². The van der Waals surface area contributed by atoms with Crippen molar-refractivity contribution in [3.05, 3.63) is 40.9 Å². The van der Waals surface area contributed by atoms with Gasteiger partial charge in [0.05, 0.1) is 6.61 Å². The second-order valence-electron chi connectivity index (χ2n) is 2.58. The highest BCUT2D eigenvalue weighted by atomic mass is 35.5. The summed E-state index contributed by atoms with van der Waals surface area (Å²) in [6.07, 6.45) is 1.77. The lowest BCUT2D eigenvalue weighted by Crippen LogP contribution is -1.81. The maximum Gasteiger partial charge on any atom is 0.0618 e. The molecule has 0 saturated carbocycles. The quantitative estimate of drug-likeness (QED) is 0.746. The van der Waals surface area contributed by atoms with Gasteiger partial charge < -0.3 is 5.11 Å². The maximum atomic E-state index is 8.65. The van der Waals surface area contributed by atoms with E-state index in [9.17, 15) is 0 Å². The number of hydrogen-bond acceptors (Lipinski definition) is 1. The van der Waals surface area contributed by atoms with Crippen molar-refractivity contribution in [3.8, 4) is 0 Å². The molecule has 0 aliphatic rings. The van der Waals surface area contributed by atoms with E-state index in [0.29, 0.717) is 0 Å². The first-order chi connectivity index (χ1) is 5.74. The summed E-state index contributed by atoms with van der Waals surface area (Å²) in [7, 11) is 0. The Hall–Kier alpha value is -0.790. The van der Waals surface area contributed by atoms with Crippen molar-refractivity contribution in [1.29, 1.82) is 0 Å². The Labute approximate surface area is 77.3 Å². The molecule has 0 radical (unpaired) electrons. The Morgan fingerprint density at radius 1 is 1.42 bits per heavy atom. The normalized spacial score (nSPS) is 11.8. The zero-order chi connectivity index (χ0) is 8.97. The number of aliphatic hydroxyl groups is 1. The number of aliphatic hydroxyl groups excluding tert-OH is 1. The molecule has 0 heterocycles. The van der Waals surface area contributed by atoms with Crippen LogP contribution in [0.2, 0.25) is 5.02 Å². The minimum Gasteiger partial charge on any atom is -0.392 e. The molecule has 0 aliphatic heterocycles. The lowest BCUT2D eigenvalue weighted by Gasteiger charge is -1.99. The average molecular weight is 183 g/mol. The van der Waals surface area contributed by atoms with Gasteiger partial charge in [0.2, 0.25) is 0 Å². The summed E-state index contributed by atoms with van der Waals surface area (Å²) in [5.41, 5.74) is 2.16. The Bertz CT molecular complexity index is 274. The van der Waals surface area contributed by atoms with Gasteiger partial charge in [0.15, 0.2) is 0 Å². The fourth-order valence-electron chi connectivity index (χ4n) is 0.968. The third kappa shape index (κ3) is 2.36. The average Bonchev–Trinajstić information content (AvgIpc) is 2.06. The molecule has 0 bridgehead atoms. The summed E-state index contributed by atoms with van der Waals surface area (Å²) in [6.45, 7) is 2.04. The van der Waals surface area contributed by atoms with E-state index in [0.717, 1.165) is 16.2 Å². The fourth-order valence-corrected chi connectivity index (χ4v) is 1.09. The van der Waals surface area contributed by atoms with E-state index in [2.05, 4.69) is 0 Å². The number of rotatable bonds is 2. The van der Waals surface area contributed by atoms with Gasteiger partial charge in [0, 0.05) is 5.02 Å². The van der Waals surface area contributed by atoms with Crippen molar-refractivity contribution in [1.82, 2.24) is 0 Å². The molecule has 12 heavy (non-hydrogen) atoms. The van der Waals surface area contributed by atoms with Gasteiger partial charge in [-0.3, -0.25) is 0 Å². The summed E-state index contributed by atoms with van der Waals surface area (Å²) >= 11 is 5.72. The molecule has 0 fully saturated rings. The molecule has 1 aromatic rings. The zero-order valence-electron chi connectivity index (χ0n) is 6.92. The van der Waals surface area contributed by atoms with E-state index in [1.165, 1.54) is 0 Å². The second-order valence-corrected chi connectivity index (χ2v) is 3.01. The molecule has 1 rings (SSSR count). The summed E-state index contributed by atoms with van der Waals surface area (Å²) in [5, 5.41) is 9.38. The summed E-state index contributed by atoms with van der Waals surface area (Å²) in [6, 6.07) is 7.55. The molecule has 0 aliphatic carbocycles. The lowest BCUT2D eigenvalue weighted by molar-refractivity contribution is 0.343. The van der Waals surface area contributed by atoms with Crippen molar-refractivity contribution in [2.24, 2.45) is 0 Å². The molecular formula is C10H11ClO. The minimum atomic E-state index is 0.0778. The summed E-state index contributed by atoms with van der Waals surface area (Å²) in [5.74, 6) is 0. The number of hydrogen-bond donors (Lipinski definition) is 1. The Balaban J connectivity index is 2.89. The molecule has 0 amide bonds. The number of halogens is 1. The van der Waals surface area contributed by atoms with E-state index in [4.69, 9.17) is 16.7 Å². The predicted octanol–water partition coefficient (Wildman–Crippen LogP) is 2.74. The molecule has 1 N–H and O–H groups in total. The van der Waals surface area contributed by atoms with E-state index in [1.807, 2.05) is 31.2 Å². The predicted molar refractivity (Wildman–Crippen MR) is 52.2 cm³/mol. The Morgan fingerprint density at radius 3 is 2.50 bits per heavy atom. The molecule has 1 aromatic carbocycles. The zero-order valence-corrected chi connectivity index (χ0v) is 7.67. The van der Waals surface area contributed by atoms with Crippen LogP contribution in [0.15, 0.2) is 30.3 Å². The number of allylic oxidation sites excluding steroid dienone is 1. The van der Waals surface area contributed by atoms with E-state index >= 15 is 0 Å². The third-order valence-electron chi connectivity index (χ3n) is 1.70. The van der Waals surface area contributed by atoms with Crippen LogP contribution in [-0.4, -0.2) is 11.7 Å². The maximum absolute atomic E-state index is 8.65. The second kappa shape index (κ2) is 4.29. The highest BCUT2D eigenvalue weighted by molar-refractivity contribution is 6.30. The smallest absolute Gasteiger partial charge is 0.0618 e. The molecule has 0 spiro atoms. The summed E-state index contributed by atoms with van der Waals surface area (Å²) < 4.78 is 0. The van der Waals surface area contributed by atoms with Crippen LogP contribution in [0.5, 0.6) is 0 Å². The molecule has 0 saturated heterocycles. The van der Waals surface area contributed by atoms with Gasteiger partial charge >= 0.3 is 0 Å². The van der Waals surface area contributed by atoms with Gasteiger partial charge in [-0.2, -0.15) is 0 Å². The van der Waals surface area contributed by atoms with Crippen molar-refractivity contribution >= 4 is 17.2 Å². The van der Waals surface area contributed by atoms with E-state index in [1.54, 1.807) is 6.08 Å². The first kappa shape index (κ1) is 9.30. The van der Waals surface area contributed by atoms with Crippen molar-refractivity contribution < 1.29 is 5.11 Å². The van der Waals surface area contributed by atoms with Crippen molar-refractivity contribution in [2.75, 3.05) is 6.61 Å². The summed E-state index contributed by atoms with van der Waals surface area (Å²) in [4.78, 5) is 0. The minimum absolute atomic E-state index is 0.0778. The van der Waals surface area contributed by atoms with Crippen LogP contribution in [0, 0.1) is 0 Å². The fraction of sp³-hybridized carbons (Fsp3) is 0.200. The molecule has 64 valence electrons. The largest absolute Gasteiger partial charge is 0.392 e. The first-order valence-electron chi connectivity index (χ1n) is 3.77. The van der Waals surface area contributed by atoms with Gasteiger partial charge in [0.1, 0.15) is 0 Å². The van der Waals surface area contributed by atoms with Gasteiger partial charge in [-0.25, -0.2) is 0 Å². The Morgan fingerprint density at radius 2 is 2.00 bits per heavy atom. The lowest BCUT2D eigenvalue weighted by atomic mass is 10.1. The Kier molecular flexibility index (Phi) is 3.32. The highest BCUT2D eigenvalue weighted by Crippen LogP contribution is 2.16. The van der Waals surface area contributed by atoms with Crippen molar-refractivity contribution in [2.45, 2.75) is 6.92 Å². The molecule has 0 atom stereocenters. The van der Waals surface area contributed by atoms with Crippen LogP contribution in [0.3, 0.4) is 0 Å².